The highest BCUT2D eigenvalue weighted by Crippen LogP contribution is 2.14. The number of nitrogens with two attached hydrogens (primary N) is 1. The van der Waals surface area contributed by atoms with Crippen LogP contribution < -0.4 is 11.1 Å². The number of hydrogen-bond acceptors (Lipinski definition) is 3. The molecule has 1 unspecified atom stereocenters. The molecule has 0 aromatic carbocycles. The van der Waals surface area contributed by atoms with Gasteiger partial charge in [0, 0.05) is 25.2 Å². The van der Waals surface area contributed by atoms with E-state index in [1.54, 1.807) is 0 Å². The number of nitrogens with one attached hydrogen (secondary N) is 1. The van der Waals surface area contributed by atoms with Crippen LogP contribution >= 0.6 is 0 Å². The first-order valence-corrected chi connectivity index (χ1v) is 5.65. The van der Waals surface area contributed by atoms with Gasteiger partial charge in [-0.15, -0.1) is 0 Å². The molecule has 1 atom stereocenters. The summed E-state index contributed by atoms with van der Waals surface area (Å²) in [6.45, 7) is 10.3. The largest absolute Gasteiger partial charge is 0.369 e. The van der Waals surface area contributed by atoms with Crippen molar-refractivity contribution in [3.05, 3.63) is 0 Å². The molecule has 3 N–H and O–H groups in total. The summed E-state index contributed by atoms with van der Waals surface area (Å²) in [5, 5.41) is 3.43. The Morgan fingerprint density at radius 3 is 2.67 bits per heavy atom. The van der Waals surface area contributed by atoms with Gasteiger partial charge in [-0.3, -0.25) is 4.79 Å². The van der Waals surface area contributed by atoms with E-state index in [1.165, 1.54) is 0 Å². The maximum Gasteiger partial charge on any atom is 0.221 e. The minimum absolute atomic E-state index is 0.0691. The lowest BCUT2D eigenvalue weighted by Crippen LogP contribution is -2.41. The monoisotopic (exact) mass is 213 g/mol. The van der Waals surface area contributed by atoms with Crippen LogP contribution in [0.25, 0.3) is 0 Å². The summed E-state index contributed by atoms with van der Waals surface area (Å²) in [7, 11) is 0. The van der Waals surface area contributed by atoms with Crippen molar-refractivity contribution in [2.45, 2.75) is 32.7 Å². The molecule has 0 bridgehead atoms. The van der Waals surface area contributed by atoms with E-state index in [0.29, 0.717) is 0 Å². The standard InChI is InChI=1S/C11H23N3O/c1-11(2,3)13-5-7-14-6-4-9(8-14)10(12)15/h9,13H,4-8H2,1-3H3,(H2,12,15). The first-order chi connectivity index (χ1) is 6.88. The lowest BCUT2D eigenvalue weighted by molar-refractivity contribution is -0.121. The van der Waals surface area contributed by atoms with Gasteiger partial charge in [0.25, 0.3) is 0 Å². The molecule has 0 radical (unpaired) electrons. The smallest absolute Gasteiger partial charge is 0.221 e. The van der Waals surface area contributed by atoms with Crippen molar-refractivity contribution in [2.75, 3.05) is 26.2 Å². The number of carbonyl (C=O) groups is 1. The van der Waals surface area contributed by atoms with E-state index >= 15 is 0 Å². The molecule has 1 rings (SSSR count). The Hall–Kier alpha value is -0.610. The van der Waals surface area contributed by atoms with Crippen LogP contribution in [0, 0.1) is 5.92 Å². The van der Waals surface area contributed by atoms with Crippen LogP contribution in [0.1, 0.15) is 27.2 Å². The summed E-state index contributed by atoms with van der Waals surface area (Å²) in [5.41, 5.74) is 5.45. The van der Waals surface area contributed by atoms with E-state index in [-0.39, 0.29) is 17.4 Å². The maximum atomic E-state index is 11.0. The van der Waals surface area contributed by atoms with Gasteiger partial charge in [0.1, 0.15) is 0 Å². The SMILES string of the molecule is CC(C)(C)NCCN1CCC(C(N)=O)C1. The molecule has 0 aromatic rings. The number of rotatable bonds is 4. The van der Waals surface area contributed by atoms with Crippen LogP contribution in [0.3, 0.4) is 0 Å². The van der Waals surface area contributed by atoms with E-state index in [2.05, 4.69) is 31.0 Å². The zero-order chi connectivity index (χ0) is 11.5. The Bertz CT molecular complexity index is 222. The molecular formula is C11H23N3O. The summed E-state index contributed by atoms with van der Waals surface area (Å²) in [4.78, 5) is 13.3. The predicted octanol–water partition coefficient (Wildman–Crippen LogP) is 0.182. The summed E-state index contributed by atoms with van der Waals surface area (Å²) < 4.78 is 0. The molecular weight excluding hydrogens is 190 g/mol. The van der Waals surface area contributed by atoms with Crippen LogP contribution in [0.5, 0.6) is 0 Å². The van der Waals surface area contributed by atoms with Gasteiger partial charge in [-0.05, 0) is 33.7 Å². The fourth-order valence-electron chi connectivity index (χ4n) is 1.86. The molecule has 4 heteroatoms. The van der Waals surface area contributed by atoms with Crippen molar-refractivity contribution in [2.24, 2.45) is 11.7 Å². The summed E-state index contributed by atoms with van der Waals surface area (Å²) in [6, 6.07) is 0. The molecule has 88 valence electrons. The van der Waals surface area contributed by atoms with Gasteiger partial charge >= 0.3 is 0 Å². The number of likely N-dealkylation sites (tertiary alicyclic amines) is 1. The number of amides is 1. The Morgan fingerprint density at radius 1 is 1.53 bits per heavy atom. The lowest BCUT2D eigenvalue weighted by atomic mass is 10.1. The number of nitrogens with zero attached hydrogens (tertiary/aromatic N) is 1. The third-order valence-corrected chi connectivity index (χ3v) is 2.76. The van der Waals surface area contributed by atoms with Gasteiger partial charge in [0.2, 0.25) is 5.91 Å². The fourth-order valence-corrected chi connectivity index (χ4v) is 1.86. The molecule has 0 spiro atoms. The topological polar surface area (TPSA) is 58.4 Å². The van der Waals surface area contributed by atoms with Crippen molar-refractivity contribution >= 4 is 5.91 Å². The molecule has 4 nitrogen and oxygen atoms in total. The van der Waals surface area contributed by atoms with Crippen LogP contribution in [0.2, 0.25) is 0 Å². The number of primary amides is 1. The van der Waals surface area contributed by atoms with E-state index < -0.39 is 0 Å². The third kappa shape index (κ3) is 4.62. The Labute approximate surface area is 92.2 Å². The van der Waals surface area contributed by atoms with Gasteiger partial charge in [-0.25, -0.2) is 0 Å². The number of hydrogen-bond donors (Lipinski definition) is 2. The second-order valence-electron chi connectivity index (χ2n) is 5.37. The molecule has 15 heavy (non-hydrogen) atoms. The highest BCUT2D eigenvalue weighted by atomic mass is 16.1. The predicted molar refractivity (Wildman–Crippen MR) is 61.5 cm³/mol. The van der Waals surface area contributed by atoms with Crippen molar-refractivity contribution in [1.82, 2.24) is 10.2 Å². The van der Waals surface area contributed by atoms with Crippen LogP contribution in [-0.2, 0) is 4.79 Å². The first-order valence-electron chi connectivity index (χ1n) is 5.65. The summed E-state index contributed by atoms with van der Waals surface area (Å²) in [5.74, 6) is -0.0825. The van der Waals surface area contributed by atoms with Crippen molar-refractivity contribution < 1.29 is 4.79 Å². The molecule has 0 saturated carbocycles. The van der Waals surface area contributed by atoms with Gasteiger partial charge in [-0.1, -0.05) is 0 Å². The lowest BCUT2D eigenvalue weighted by Gasteiger charge is -2.23. The molecule has 1 heterocycles. The highest BCUT2D eigenvalue weighted by Gasteiger charge is 2.26. The van der Waals surface area contributed by atoms with Crippen molar-refractivity contribution in [1.29, 1.82) is 0 Å². The van der Waals surface area contributed by atoms with Gasteiger partial charge in [0.15, 0.2) is 0 Å². The van der Waals surface area contributed by atoms with Crippen LogP contribution in [-0.4, -0.2) is 42.5 Å². The van der Waals surface area contributed by atoms with Crippen molar-refractivity contribution in [3.8, 4) is 0 Å². The molecule has 1 aliphatic heterocycles. The molecule has 0 aromatic heterocycles. The zero-order valence-corrected chi connectivity index (χ0v) is 10.0. The average Bonchev–Trinajstić information content (AvgIpc) is 2.50. The minimum atomic E-state index is -0.152. The van der Waals surface area contributed by atoms with Crippen molar-refractivity contribution in [3.63, 3.8) is 0 Å². The molecule has 0 aliphatic carbocycles. The van der Waals surface area contributed by atoms with E-state index in [0.717, 1.165) is 32.6 Å². The van der Waals surface area contributed by atoms with Crippen LogP contribution in [0.15, 0.2) is 0 Å². The normalized spacial score (nSPS) is 23.3. The van der Waals surface area contributed by atoms with Gasteiger partial charge in [0.05, 0.1) is 5.92 Å². The number of carbonyl (C=O) groups excluding carboxylic acids is 1. The summed E-state index contributed by atoms with van der Waals surface area (Å²) in [6.07, 6.45) is 0.921. The Kier molecular flexibility index (Phi) is 4.11. The van der Waals surface area contributed by atoms with E-state index in [4.69, 9.17) is 5.73 Å². The van der Waals surface area contributed by atoms with E-state index in [1.807, 2.05) is 0 Å². The highest BCUT2D eigenvalue weighted by molar-refractivity contribution is 5.77. The Morgan fingerprint density at radius 2 is 2.20 bits per heavy atom. The van der Waals surface area contributed by atoms with Gasteiger partial charge in [-0.2, -0.15) is 0 Å². The first kappa shape index (κ1) is 12.5. The molecule has 1 fully saturated rings. The quantitative estimate of drug-likeness (QED) is 0.700. The zero-order valence-electron chi connectivity index (χ0n) is 10.0. The molecule has 1 amide bonds. The Balaban J connectivity index is 2.17. The van der Waals surface area contributed by atoms with Crippen LogP contribution in [0.4, 0.5) is 0 Å². The fraction of sp³-hybridized carbons (Fsp3) is 0.909. The summed E-state index contributed by atoms with van der Waals surface area (Å²) >= 11 is 0. The molecule has 1 saturated heterocycles. The van der Waals surface area contributed by atoms with Gasteiger partial charge < -0.3 is 16.0 Å². The second kappa shape index (κ2) is 4.94. The second-order valence-corrected chi connectivity index (χ2v) is 5.37. The average molecular weight is 213 g/mol. The third-order valence-electron chi connectivity index (χ3n) is 2.76. The van der Waals surface area contributed by atoms with E-state index in [9.17, 15) is 4.79 Å². The minimum Gasteiger partial charge on any atom is -0.369 e. The molecule has 1 aliphatic rings. The maximum absolute atomic E-state index is 11.0.